The molecule has 0 aromatic heterocycles. The number of carbonyl (C=O) groups is 1. The van der Waals surface area contributed by atoms with Crippen LogP contribution in [0.1, 0.15) is 13.8 Å². The molecule has 0 radical (unpaired) electrons. The molecule has 0 amide bonds. The molecule has 0 saturated carbocycles. The van der Waals surface area contributed by atoms with Gasteiger partial charge in [0.2, 0.25) is 0 Å². The van der Waals surface area contributed by atoms with Gasteiger partial charge in [0.15, 0.2) is 0 Å². The minimum atomic E-state index is -3.45. The summed E-state index contributed by atoms with van der Waals surface area (Å²) in [7, 11) is 0. The van der Waals surface area contributed by atoms with E-state index in [1.54, 1.807) is 0 Å². The zero-order chi connectivity index (χ0) is 18.5. The Morgan fingerprint density at radius 2 is 1.04 bits per heavy atom. The number of ether oxygens (including phenoxy) is 1. The van der Waals surface area contributed by atoms with Gasteiger partial charge < -0.3 is 17.0 Å². The molecule has 0 saturated heterocycles. The monoisotopic (exact) mass is 443 g/mol. The third-order valence-electron chi connectivity index (χ3n) is 5.28. The number of hydrogen-bond donors (Lipinski definition) is 0. The molecular formula is C23H25BrO2P-. The van der Waals surface area contributed by atoms with Crippen LogP contribution < -0.4 is 32.9 Å². The predicted octanol–water partition coefficient (Wildman–Crippen LogP) is 1.70. The molecule has 142 valence electrons. The zero-order valence-electron chi connectivity index (χ0n) is 15.7. The van der Waals surface area contributed by atoms with Gasteiger partial charge in [-0.2, -0.15) is 0 Å². The summed E-state index contributed by atoms with van der Waals surface area (Å²) < 4.78 is 5.78. The molecular weight excluding hydrogens is 419 g/mol. The molecule has 0 aliphatic heterocycles. The second-order valence-electron chi connectivity index (χ2n) is 6.33. The normalized spacial score (nSPS) is 12.3. The van der Waals surface area contributed by atoms with Crippen LogP contribution in [0.5, 0.6) is 0 Å². The molecule has 4 heteroatoms. The van der Waals surface area contributed by atoms with Gasteiger partial charge in [0.05, 0.1) is 0 Å². The topological polar surface area (TPSA) is 26.3 Å². The van der Waals surface area contributed by atoms with Crippen LogP contribution in [0.15, 0.2) is 91.0 Å². The van der Waals surface area contributed by atoms with Gasteiger partial charge in [-0.3, -0.25) is 0 Å². The van der Waals surface area contributed by atoms with Crippen molar-refractivity contribution in [1.29, 1.82) is 0 Å². The molecule has 0 heterocycles. The van der Waals surface area contributed by atoms with Crippen molar-refractivity contribution in [3.05, 3.63) is 91.0 Å². The summed E-state index contributed by atoms with van der Waals surface area (Å²) in [6.45, 7) is 0.904. The maximum Gasteiger partial charge on any atom is -1.00 e. The number of hydrogen-bond acceptors (Lipinski definition) is 2. The molecule has 0 bridgehead atoms. The Morgan fingerprint density at radius 3 is 1.30 bits per heavy atom. The maximum absolute atomic E-state index is 13.9. The Labute approximate surface area is 172 Å². The summed E-state index contributed by atoms with van der Waals surface area (Å²) in [6.07, 6.45) is 0.683. The molecule has 0 fully saturated rings. The van der Waals surface area contributed by atoms with E-state index in [2.05, 4.69) is 43.3 Å². The molecule has 0 atom stereocenters. The third-order valence-corrected chi connectivity index (χ3v) is 11.8. The van der Waals surface area contributed by atoms with Crippen molar-refractivity contribution in [1.82, 2.24) is 0 Å². The second kappa shape index (κ2) is 8.82. The van der Waals surface area contributed by atoms with Gasteiger partial charge in [-0.1, -0.05) is 0 Å². The van der Waals surface area contributed by atoms with E-state index in [4.69, 9.17) is 4.74 Å². The van der Waals surface area contributed by atoms with E-state index in [-0.39, 0.29) is 22.7 Å². The van der Waals surface area contributed by atoms with Crippen LogP contribution in [0.3, 0.4) is 0 Å². The molecule has 0 aliphatic rings. The Kier molecular flexibility index (Phi) is 6.97. The number of carbonyl (C=O) groups excluding carboxylic acids is 1. The molecule has 0 N–H and O–H groups in total. The van der Waals surface area contributed by atoms with E-state index >= 15 is 0 Å². The smallest absolute Gasteiger partial charge is 1.00 e. The van der Waals surface area contributed by atoms with Gasteiger partial charge in [-0.05, 0) is 0 Å². The van der Waals surface area contributed by atoms with Crippen LogP contribution in [0.25, 0.3) is 0 Å². The molecule has 0 unspecified atom stereocenters. The first-order chi connectivity index (χ1) is 12.7. The summed E-state index contributed by atoms with van der Waals surface area (Å²) in [5.74, 6) is 0. The number of rotatable bonds is 6. The predicted molar refractivity (Wildman–Crippen MR) is 113 cm³/mol. The van der Waals surface area contributed by atoms with Crippen LogP contribution in [0.2, 0.25) is 0 Å². The van der Waals surface area contributed by atoms with Crippen molar-refractivity contribution in [3.63, 3.8) is 0 Å². The van der Waals surface area contributed by atoms with E-state index in [0.717, 1.165) is 15.9 Å². The largest absolute Gasteiger partial charge is 1.00 e. The van der Waals surface area contributed by atoms with Crippen molar-refractivity contribution >= 4 is 28.2 Å². The molecule has 3 aromatic rings. The summed E-state index contributed by atoms with van der Waals surface area (Å²) in [4.78, 5) is 13.9. The average molecular weight is 444 g/mol. The fourth-order valence-corrected chi connectivity index (χ4v) is 9.76. The zero-order valence-corrected chi connectivity index (χ0v) is 18.2. The van der Waals surface area contributed by atoms with Gasteiger partial charge in [0.25, 0.3) is 0 Å². The summed E-state index contributed by atoms with van der Waals surface area (Å²) >= 11 is 0. The fourth-order valence-electron chi connectivity index (χ4n) is 3.98. The summed E-state index contributed by atoms with van der Waals surface area (Å²) in [5.41, 5.74) is -0.107. The van der Waals surface area contributed by atoms with E-state index in [1.807, 2.05) is 61.5 Å². The van der Waals surface area contributed by atoms with Crippen LogP contribution in [0, 0.1) is 0 Å². The Hall–Kier alpha value is -1.96. The van der Waals surface area contributed by atoms with Gasteiger partial charge >= 0.3 is 155 Å². The van der Waals surface area contributed by atoms with Crippen molar-refractivity contribution in [2.45, 2.75) is 13.8 Å². The van der Waals surface area contributed by atoms with Gasteiger partial charge in [0, 0.05) is 0 Å². The second-order valence-corrected chi connectivity index (χ2v) is 11.5. The van der Waals surface area contributed by atoms with Crippen LogP contribution in [-0.2, 0) is 4.74 Å². The first kappa shape index (κ1) is 21.3. The SMILES string of the molecule is CCOC(=O)P(CC)(c1ccccc1)(c1ccccc1)c1ccccc1.[Br-]. The van der Waals surface area contributed by atoms with E-state index in [9.17, 15) is 4.79 Å². The van der Waals surface area contributed by atoms with E-state index < -0.39 is 6.60 Å². The van der Waals surface area contributed by atoms with Gasteiger partial charge in [-0.25, -0.2) is 0 Å². The van der Waals surface area contributed by atoms with Crippen LogP contribution in [-0.4, -0.2) is 18.5 Å². The van der Waals surface area contributed by atoms with Crippen molar-refractivity contribution < 1.29 is 26.5 Å². The van der Waals surface area contributed by atoms with Crippen molar-refractivity contribution in [2.24, 2.45) is 0 Å². The number of benzene rings is 3. The quantitative estimate of drug-likeness (QED) is 0.542. The fraction of sp³-hybridized carbons (Fsp3) is 0.174. The first-order valence-electron chi connectivity index (χ1n) is 9.05. The first-order valence-corrected chi connectivity index (χ1v) is 11.5. The maximum atomic E-state index is 13.9. The third kappa shape index (κ3) is 3.13. The van der Waals surface area contributed by atoms with Crippen LogP contribution in [0.4, 0.5) is 4.79 Å². The van der Waals surface area contributed by atoms with Gasteiger partial charge in [0.1, 0.15) is 0 Å². The standard InChI is InChI=1S/C23H25O2P.BrH/c1-3-25-23(24)26(4-2,20-14-8-5-9-15-20,21-16-10-6-11-17-21)22-18-12-7-13-19-22;/h5-19H,3-4H2,1-2H3;1H/p-1. The van der Waals surface area contributed by atoms with Crippen molar-refractivity contribution in [3.8, 4) is 0 Å². The van der Waals surface area contributed by atoms with E-state index in [0.29, 0.717) is 12.8 Å². The molecule has 27 heavy (non-hydrogen) atoms. The van der Waals surface area contributed by atoms with Gasteiger partial charge in [-0.15, -0.1) is 0 Å². The van der Waals surface area contributed by atoms with E-state index in [1.165, 1.54) is 0 Å². The number of halogens is 1. The minimum absolute atomic E-state index is 0. The molecule has 3 rings (SSSR count). The Bertz CT molecular complexity index is 767. The van der Waals surface area contributed by atoms with Crippen molar-refractivity contribution in [2.75, 3.05) is 12.8 Å². The Balaban J connectivity index is 0.00000261. The minimum Gasteiger partial charge on any atom is -1.00 e. The molecule has 0 spiro atoms. The Morgan fingerprint density at radius 1 is 0.704 bits per heavy atom. The average Bonchev–Trinajstić information content (AvgIpc) is 2.72. The molecule has 2 nitrogen and oxygen atoms in total. The summed E-state index contributed by atoms with van der Waals surface area (Å²) in [6, 6.07) is 30.5. The summed E-state index contributed by atoms with van der Waals surface area (Å²) in [5, 5.41) is 3.16. The van der Waals surface area contributed by atoms with Crippen LogP contribution >= 0.6 is 6.60 Å². The molecule has 3 aromatic carbocycles. The molecule has 0 aliphatic carbocycles.